The Balaban J connectivity index is 1.66. The monoisotopic (exact) mass is 272 g/mol. The normalized spacial score (nSPS) is 12.7. The van der Waals surface area contributed by atoms with Crippen molar-refractivity contribution < 1.29 is 14.6 Å². The molecule has 0 fully saturated rings. The number of ether oxygens (including phenoxy) is 2. The van der Waals surface area contributed by atoms with E-state index in [0.29, 0.717) is 18.8 Å². The Hall–Kier alpha value is -2.27. The van der Waals surface area contributed by atoms with Crippen LogP contribution in [0.2, 0.25) is 0 Å². The second-order valence-corrected chi connectivity index (χ2v) is 4.67. The molecule has 0 aliphatic carbocycles. The van der Waals surface area contributed by atoms with Crippen LogP contribution in [0.4, 0.5) is 0 Å². The van der Waals surface area contributed by atoms with E-state index < -0.39 is 0 Å². The third-order valence-electron chi connectivity index (χ3n) is 3.18. The van der Waals surface area contributed by atoms with Gasteiger partial charge in [-0.15, -0.1) is 0 Å². The van der Waals surface area contributed by atoms with Crippen LogP contribution >= 0.6 is 0 Å². The van der Waals surface area contributed by atoms with Crippen LogP contribution in [0.3, 0.4) is 0 Å². The Labute approximate surface area is 117 Å². The minimum absolute atomic E-state index is 0.209. The third-order valence-corrected chi connectivity index (χ3v) is 3.18. The molecule has 0 saturated heterocycles. The lowest BCUT2D eigenvalue weighted by Gasteiger charge is -2.09. The van der Waals surface area contributed by atoms with Crippen LogP contribution in [0.25, 0.3) is 0 Å². The smallest absolute Gasteiger partial charge is 0.231 e. The predicted octanol–water partition coefficient (Wildman–Crippen LogP) is 2.11. The summed E-state index contributed by atoms with van der Waals surface area (Å²) in [6.07, 6.45) is 0. The summed E-state index contributed by atoms with van der Waals surface area (Å²) in [7, 11) is 0. The van der Waals surface area contributed by atoms with E-state index in [1.165, 1.54) is 0 Å². The summed E-state index contributed by atoms with van der Waals surface area (Å²) in [5.74, 6) is 1.78. The molecular weight excluding hydrogens is 256 g/mol. The van der Waals surface area contributed by atoms with Crippen LogP contribution in [0.1, 0.15) is 17.0 Å². The van der Waals surface area contributed by atoms with Crippen molar-refractivity contribution in [3.05, 3.63) is 47.3 Å². The van der Waals surface area contributed by atoms with Gasteiger partial charge in [0.25, 0.3) is 0 Å². The molecule has 2 aromatic rings. The maximum atomic E-state index is 9.74. The molecule has 3 rings (SSSR count). The molecule has 0 bridgehead atoms. The zero-order valence-electron chi connectivity index (χ0n) is 11.2. The van der Waals surface area contributed by atoms with Gasteiger partial charge in [0.15, 0.2) is 11.5 Å². The number of nitrogens with zero attached hydrogens (tertiary/aromatic N) is 1. The number of aryl methyl sites for hydroxylation is 1. The molecule has 5 nitrogen and oxygen atoms in total. The van der Waals surface area contributed by atoms with Crippen molar-refractivity contribution >= 4 is 0 Å². The Morgan fingerprint density at radius 1 is 1.20 bits per heavy atom. The van der Waals surface area contributed by atoms with Crippen molar-refractivity contribution in [1.29, 1.82) is 0 Å². The number of fused-ring (bicyclic) bond motifs is 1. The van der Waals surface area contributed by atoms with Gasteiger partial charge in [-0.3, -0.25) is 4.98 Å². The highest BCUT2D eigenvalue weighted by Gasteiger charge is 2.16. The molecule has 1 aromatic carbocycles. The van der Waals surface area contributed by atoms with E-state index in [1.54, 1.807) is 12.1 Å². The lowest BCUT2D eigenvalue weighted by molar-refractivity contribution is 0.173. The Kier molecular flexibility index (Phi) is 3.43. The molecule has 20 heavy (non-hydrogen) atoms. The summed E-state index contributed by atoms with van der Waals surface area (Å²) in [6, 6.07) is 9.27. The zero-order valence-corrected chi connectivity index (χ0v) is 11.2. The van der Waals surface area contributed by atoms with Gasteiger partial charge in [-0.05, 0) is 25.1 Å². The fourth-order valence-corrected chi connectivity index (χ4v) is 2.18. The molecule has 0 spiro atoms. The number of hydrogen-bond acceptors (Lipinski definition) is 5. The predicted molar refractivity (Wildman–Crippen MR) is 73.7 cm³/mol. The minimum Gasteiger partial charge on any atom is -0.506 e. The molecule has 0 atom stereocenters. The standard InChI is InChI=1S/C15H16N2O3/c1-10-5-6-13(18)12(17-10)8-16-7-11-3-2-4-14-15(11)20-9-19-14/h2-6,16,18H,7-9H2,1H3. The average molecular weight is 272 g/mol. The van der Waals surface area contributed by atoms with Gasteiger partial charge in [0.05, 0.1) is 5.69 Å². The molecule has 0 saturated carbocycles. The summed E-state index contributed by atoms with van der Waals surface area (Å²) in [6.45, 7) is 3.30. The Morgan fingerprint density at radius 2 is 2.10 bits per heavy atom. The van der Waals surface area contributed by atoms with Gasteiger partial charge in [0.1, 0.15) is 5.75 Å². The van der Waals surface area contributed by atoms with Crippen molar-refractivity contribution in [3.8, 4) is 17.2 Å². The number of aromatic hydroxyl groups is 1. The molecule has 0 amide bonds. The molecule has 1 aliphatic heterocycles. The first-order valence-corrected chi connectivity index (χ1v) is 6.48. The van der Waals surface area contributed by atoms with Crippen molar-refractivity contribution in [2.45, 2.75) is 20.0 Å². The van der Waals surface area contributed by atoms with Crippen LogP contribution in [0, 0.1) is 6.92 Å². The van der Waals surface area contributed by atoms with E-state index in [2.05, 4.69) is 10.3 Å². The first-order valence-electron chi connectivity index (χ1n) is 6.48. The summed E-state index contributed by atoms with van der Waals surface area (Å²) < 4.78 is 10.8. The fraction of sp³-hybridized carbons (Fsp3) is 0.267. The molecule has 2 N–H and O–H groups in total. The largest absolute Gasteiger partial charge is 0.506 e. The molecule has 0 unspecified atom stereocenters. The number of benzene rings is 1. The molecular formula is C15H16N2O3. The average Bonchev–Trinajstić information content (AvgIpc) is 2.92. The lowest BCUT2D eigenvalue weighted by Crippen LogP contribution is -2.14. The highest BCUT2D eigenvalue weighted by molar-refractivity contribution is 5.48. The zero-order chi connectivity index (χ0) is 13.9. The molecule has 0 radical (unpaired) electrons. The fourth-order valence-electron chi connectivity index (χ4n) is 2.18. The third kappa shape index (κ3) is 2.53. The molecule has 5 heteroatoms. The number of hydrogen-bond donors (Lipinski definition) is 2. The first kappa shape index (κ1) is 12.7. The van der Waals surface area contributed by atoms with Gasteiger partial charge in [-0.1, -0.05) is 12.1 Å². The Bertz CT molecular complexity index is 629. The van der Waals surface area contributed by atoms with E-state index in [-0.39, 0.29) is 12.5 Å². The summed E-state index contributed by atoms with van der Waals surface area (Å²) in [4.78, 5) is 4.31. The van der Waals surface area contributed by atoms with Gasteiger partial charge >= 0.3 is 0 Å². The number of aromatic nitrogens is 1. The van der Waals surface area contributed by atoms with Gasteiger partial charge < -0.3 is 19.9 Å². The summed E-state index contributed by atoms with van der Waals surface area (Å²) >= 11 is 0. The van der Waals surface area contributed by atoms with Crippen LogP contribution in [0.15, 0.2) is 30.3 Å². The first-order chi connectivity index (χ1) is 9.74. The van der Waals surface area contributed by atoms with Crippen molar-refractivity contribution in [2.75, 3.05) is 6.79 Å². The highest BCUT2D eigenvalue weighted by atomic mass is 16.7. The van der Waals surface area contributed by atoms with Crippen LogP contribution in [-0.4, -0.2) is 16.9 Å². The summed E-state index contributed by atoms with van der Waals surface area (Å²) in [5.41, 5.74) is 2.57. The van der Waals surface area contributed by atoms with E-state index in [9.17, 15) is 5.11 Å². The minimum atomic E-state index is 0.209. The molecule has 2 heterocycles. The lowest BCUT2D eigenvalue weighted by atomic mass is 10.2. The van der Waals surface area contributed by atoms with Crippen molar-refractivity contribution in [2.24, 2.45) is 0 Å². The second kappa shape index (κ2) is 5.38. The van der Waals surface area contributed by atoms with E-state index in [4.69, 9.17) is 9.47 Å². The molecule has 104 valence electrons. The van der Waals surface area contributed by atoms with Gasteiger partial charge in [0.2, 0.25) is 6.79 Å². The molecule has 1 aromatic heterocycles. The number of rotatable bonds is 4. The second-order valence-electron chi connectivity index (χ2n) is 4.67. The van der Waals surface area contributed by atoms with Gasteiger partial charge in [-0.25, -0.2) is 0 Å². The van der Waals surface area contributed by atoms with E-state index in [0.717, 1.165) is 22.8 Å². The van der Waals surface area contributed by atoms with Gasteiger partial charge in [-0.2, -0.15) is 0 Å². The quantitative estimate of drug-likeness (QED) is 0.892. The van der Waals surface area contributed by atoms with Gasteiger partial charge in [0, 0.05) is 24.3 Å². The maximum absolute atomic E-state index is 9.74. The number of nitrogens with one attached hydrogen (secondary N) is 1. The van der Waals surface area contributed by atoms with Crippen molar-refractivity contribution in [3.63, 3.8) is 0 Å². The Morgan fingerprint density at radius 3 is 3.00 bits per heavy atom. The summed E-state index contributed by atoms with van der Waals surface area (Å²) in [5, 5.41) is 13.0. The van der Waals surface area contributed by atoms with Crippen LogP contribution in [0.5, 0.6) is 17.2 Å². The molecule has 1 aliphatic rings. The van der Waals surface area contributed by atoms with Crippen LogP contribution in [-0.2, 0) is 13.1 Å². The van der Waals surface area contributed by atoms with Crippen LogP contribution < -0.4 is 14.8 Å². The van der Waals surface area contributed by atoms with E-state index in [1.807, 2.05) is 25.1 Å². The number of pyridine rings is 1. The highest BCUT2D eigenvalue weighted by Crippen LogP contribution is 2.35. The topological polar surface area (TPSA) is 63.6 Å². The van der Waals surface area contributed by atoms with Crippen molar-refractivity contribution in [1.82, 2.24) is 10.3 Å². The SMILES string of the molecule is Cc1ccc(O)c(CNCc2cccc3c2OCO3)n1. The number of para-hydroxylation sites is 1. The van der Waals surface area contributed by atoms with E-state index >= 15 is 0 Å². The maximum Gasteiger partial charge on any atom is 0.231 e.